The van der Waals surface area contributed by atoms with Crippen LogP contribution in [0.5, 0.6) is 0 Å². The van der Waals surface area contributed by atoms with Crippen molar-refractivity contribution in [2.45, 2.75) is 17.7 Å². The normalized spacial score (nSPS) is 11.7. The van der Waals surface area contributed by atoms with Crippen LogP contribution in [0.15, 0.2) is 23.1 Å². The van der Waals surface area contributed by atoms with Gasteiger partial charge in [-0.25, -0.2) is 17.5 Å². The van der Waals surface area contributed by atoms with Crippen molar-refractivity contribution in [3.8, 4) is 0 Å². The van der Waals surface area contributed by atoms with Crippen LogP contribution in [-0.4, -0.2) is 20.3 Å². The van der Waals surface area contributed by atoms with Crippen LogP contribution >= 0.6 is 27.5 Å². The van der Waals surface area contributed by atoms with E-state index in [2.05, 4.69) is 20.7 Å². The second-order valence-corrected chi connectivity index (χ2v) is 6.30. The summed E-state index contributed by atoms with van der Waals surface area (Å²) in [6.07, 6.45) is 1.57. The molecule has 96 valence electrons. The van der Waals surface area contributed by atoms with Crippen molar-refractivity contribution in [1.82, 2.24) is 4.72 Å². The highest BCUT2D eigenvalue weighted by Crippen LogP contribution is 2.21. The molecule has 0 heterocycles. The Labute approximate surface area is 114 Å². The summed E-state index contributed by atoms with van der Waals surface area (Å²) in [6.45, 7) is 0.306. The van der Waals surface area contributed by atoms with Gasteiger partial charge in [0.15, 0.2) is 0 Å². The minimum Gasteiger partial charge on any atom is -0.211 e. The first kappa shape index (κ1) is 14.9. The molecule has 0 saturated carbocycles. The molecule has 0 fully saturated rings. The Kier molecular flexibility index (Phi) is 5.85. The molecular weight excluding hydrogens is 333 g/mol. The summed E-state index contributed by atoms with van der Waals surface area (Å²) in [6, 6.07) is 3.26. The highest BCUT2D eigenvalue weighted by molar-refractivity contribution is 9.09. The van der Waals surface area contributed by atoms with Gasteiger partial charge in [-0.15, -0.1) is 0 Å². The Morgan fingerprint density at radius 2 is 2.06 bits per heavy atom. The van der Waals surface area contributed by atoms with E-state index in [0.717, 1.165) is 23.9 Å². The van der Waals surface area contributed by atoms with Crippen molar-refractivity contribution in [3.63, 3.8) is 0 Å². The fourth-order valence-corrected chi connectivity index (χ4v) is 3.17. The average Bonchev–Trinajstić information content (AvgIpc) is 2.28. The maximum absolute atomic E-state index is 13.0. The predicted octanol–water partition coefficient (Wildman–Crippen LogP) is 2.93. The third-order valence-corrected chi connectivity index (χ3v) is 4.54. The van der Waals surface area contributed by atoms with Gasteiger partial charge in [-0.05, 0) is 31.0 Å². The first-order valence-electron chi connectivity index (χ1n) is 4.98. The van der Waals surface area contributed by atoms with Gasteiger partial charge in [-0.1, -0.05) is 27.5 Å². The quantitative estimate of drug-likeness (QED) is 0.637. The maximum Gasteiger partial charge on any atom is 0.242 e. The summed E-state index contributed by atoms with van der Waals surface area (Å²) in [7, 11) is -3.73. The molecule has 3 nitrogen and oxygen atoms in total. The lowest BCUT2D eigenvalue weighted by atomic mass is 10.3. The number of sulfonamides is 1. The molecule has 0 atom stereocenters. The van der Waals surface area contributed by atoms with Crippen LogP contribution < -0.4 is 4.72 Å². The molecule has 0 unspecified atom stereocenters. The predicted molar refractivity (Wildman–Crippen MR) is 69.6 cm³/mol. The van der Waals surface area contributed by atoms with E-state index in [4.69, 9.17) is 11.6 Å². The van der Waals surface area contributed by atoms with Gasteiger partial charge in [0.1, 0.15) is 10.7 Å². The molecule has 0 saturated heterocycles. The van der Waals surface area contributed by atoms with Gasteiger partial charge in [-0.3, -0.25) is 0 Å². The minimum absolute atomic E-state index is 0.0133. The number of rotatable bonds is 6. The molecular formula is C10H12BrClFNO2S. The van der Waals surface area contributed by atoms with Gasteiger partial charge >= 0.3 is 0 Å². The molecule has 0 bridgehead atoms. The van der Waals surface area contributed by atoms with E-state index in [9.17, 15) is 12.8 Å². The van der Waals surface area contributed by atoms with Gasteiger partial charge < -0.3 is 0 Å². The summed E-state index contributed by atoms with van der Waals surface area (Å²) < 4.78 is 38.9. The van der Waals surface area contributed by atoms with Crippen LogP contribution in [0.3, 0.4) is 0 Å². The number of halogens is 3. The Bertz CT molecular complexity index is 481. The van der Waals surface area contributed by atoms with Crippen LogP contribution in [0.1, 0.15) is 12.8 Å². The van der Waals surface area contributed by atoms with Gasteiger partial charge in [0.2, 0.25) is 10.0 Å². The summed E-state index contributed by atoms with van der Waals surface area (Å²) in [5.74, 6) is -0.629. The topological polar surface area (TPSA) is 46.2 Å². The molecule has 0 aliphatic carbocycles. The summed E-state index contributed by atoms with van der Waals surface area (Å²) in [5, 5.41) is 0.828. The van der Waals surface area contributed by atoms with E-state index in [1.54, 1.807) is 0 Å². The first-order valence-corrected chi connectivity index (χ1v) is 7.96. The van der Waals surface area contributed by atoms with Crippen molar-refractivity contribution >= 4 is 37.6 Å². The van der Waals surface area contributed by atoms with Crippen LogP contribution in [-0.2, 0) is 10.0 Å². The fraction of sp³-hybridized carbons (Fsp3) is 0.400. The van der Waals surface area contributed by atoms with Crippen molar-refractivity contribution in [1.29, 1.82) is 0 Å². The molecule has 0 aliphatic rings. The van der Waals surface area contributed by atoms with Crippen molar-refractivity contribution in [2.24, 2.45) is 0 Å². The zero-order valence-corrected chi connectivity index (χ0v) is 12.1. The van der Waals surface area contributed by atoms with Crippen LogP contribution in [0.2, 0.25) is 5.02 Å². The second kappa shape index (κ2) is 6.68. The first-order chi connectivity index (χ1) is 7.97. The molecule has 1 aromatic carbocycles. The van der Waals surface area contributed by atoms with Crippen molar-refractivity contribution in [2.75, 3.05) is 11.9 Å². The summed E-state index contributed by atoms with van der Waals surface area (Å²) in [5.41, 5.74) is 0. The average molecular weight is 345 g/mol. The summed E-state index contributed by atoms with van der Waals surface area (Å²) in [4.78, 5) is -0.224. The van der Waals surface area contributed by atoms with Gasteiger partial charge in [0.05, 0.1) is 5.02 Å². The molecule has 0 radical (unpaired) electrons. The Balaban J connectivity index is 2.79. The lowest BCUT2D eigenvalue weighted by Crippen LogP contribution is -2.25. The van der Waals surface area contributed by atoms with E-state index in [1.807, 2.05) is 0 Å². The molecule has 17 heavy (non-hydrogen) atoms. The monoisotopic (exact) mass is 343 g/mol. The summed E-state index contributed by atoms with van der Waals surface area (Å²) >= 11 is 8.98. The van der Waals surface area contributed by atoms with Gasteiger partial charge in [-0.2, -0.15) is 0 Å². The number of unbranched alkanes of at least 4 members (excludes halogenated alkanes) is 1. The molecule has 1 aromatic rings. The highest BCUT2D eigenvalue weighted by atomic mass is 79.9. The molecule has 1 rings (SSSR count). The van der Waals surface area contributed by atoms with E-state index in [-0.39, 0.29) is 9.92 Å². The molecule has 0 aromatic heterocycles. The molecule has 0 aliphatic heterocycles. The SMILES string of the molecule is O=S(=O)(NCCCCBr)c1cc(F)ccc1Cl. The number of alkyl halides is 1. The maximum atomic E-state index is 13.0. The van der Waals surface area contributed by atoms with Crippen LogP contribution in [0, 0.1) is 5.82 Å². The lowest BCUT2D eigenvalue weighted by molar-refractivity contribution is 0.575. The standard InChI is InChI=1S/C10H12BrClFNO2S/c11-5-1-2-6-14-17(15,16)10-7-8(13)3-4-9(10)12/h3-4,7,14H,1-2,5-6H2. The second-order valence-electron chi connectivity index (χ2n) is 3.37. The van der Waals surface area contributed by atoms with Gasteiger partial charge in [0.25, 0.3) is 0 Å². The van der Waals surface area contributed by atoms with Crippen molar-refractivity contribution in [3.05, 3.63) is 29.0 Å². The molecule has 1 N–H and O–H groups in total. The third kappa shape index (κ3) is 4.54. The molecule has 0 spiro atoms. The zero-order chi connectivity index (χ0) is 12.9. The fourth-order valence-electron chi connectivity index (χ4n) is 1.19. The molecule has 0 amide bonds. The largest absolute Gasteiger partial charge is 0.242 e. The number of nitrogens with one attached hydrogen (secondary N) is 1. The van der Waals surface area contributed by atoms with Gasteiger partial charge in [0, 0.05) is 11.9 Å². The minimum atomic E-state index is -3.73. The van der Waals surface area contributed by atoms with Crippen LogP contribution in [0.25, 0.3) is 0 Å². The van der Waals surface area contributed by atoms with E-state index in [1.165, 1.54) is 6.07 Å². The number of hydrogen-bond donors (Lipinski definition) is 1. The number of benzene rings is 1. The smallest absolute Gasteiger partial charge is 0.211 e. The Morgan fingerprint density at radius 3 is 2.71 bits per heavy atom. The molecule has 7 heteroatoms. The Morgan fingerprint density at radius 1 is 1.35 bits per heavy atom. The highest BCUT2D eigenvalue weighted by Gasteiger charge is 2.17. The lowest BCUT2D eigenvalue weighted by Gasteiger charge is -2.07. The van der Waals surface area contributed by atoms with E-state index >= 15 is 0 Å². The zero-order valence-electron chi connectivity index (χ0n) is 8.92. The Hall–Kier alpha value is -0.170. The van der Waals surface area contributed by atoms with E-state index < -0.39 is 15.8 Å². The van der Waals surface area contributed by atoms with Crippen LogP contribution in [0.4, 0.5) is 4.39 Å². The number of hydrogen-bond acceptors (Lipinski definition) is 2. The van der Waals surface area contributed by atoms with Crippen molar-refractivity contribution < 1.29 is 12.8 Å². The van der Waals surface area contributed by atoms with E-state index in [0.29, 0.717) is 13.0 Å². The third-order valence-electron chi connectivity index (χ3n) is 2.04.